The normalized spacial score (nSPS) is 19.2. The highest BCUT2D eigenvalue weighted by molar-refractivity contribution is 6.02. The molecular weight excluding hydrogens is 256 g/mol. The quantitative estimate of drug-likeness (QED) is 0.370. The zero-order valence-corrected chi connectivity index (χ0v) is 12.5. The lowest BCUT2D eigenvalue weighted by Crippen LogP contribution is -2.54. The van der Waals surface area contributed by atoms with Crippen LogP contribution in [0.4, 0.5) is 5.82 Å². The molecule has 0 spiro atoms. The van der Waals surface area contributed by atoms with Gasteiger partial charge in [0.15, 0.2) is 5.84 Å². The summed E-state index contributed by atoms with van der Waals surface area (Å²) in [6.07, 6.45) is 0. The van der Waals surface area contributed by atoms with Gasteiger partial charge in [-0.05, 0) is 39.3 Å². The minimum atomic E-state index is -0.185. The van der Waals surface area contributed by atoms with E-state index in [4.69, 9.17) is 15.7 Å². The Morgan fingerprint density at radius 3 is 2.80 bits per heavy atom. The molecule has 20 heavy (non-hydrogen) atoms. The van der Waals surface area contributed by atoms with Crippen molar-refractivity contribution in [2.45, 2.75) is 33.2 Å². The molecule has 1 aliphatic heterocycles. The van der Waals surface area contributed by atoms with Crippen molar-refractivity contribution < 1.29 is 9.94 Å². The van der Waals surface area contributed by atoms with Gasteiger partial charge < -0.3 is 20.6 Å². The molecule has 110 valence electrons. The maximum Gasteiger partial charge on any atom is 0.174 e. The molecule has 6 heteroatoms. The molecule has 3 N–H and O–H groups in total. The van der Waals surface area contributed by atoms with Gasteiger partial charge in [0, 0.05) is 12.2 Å². The number of pyridine rings is 1. The van der Waals surface area contributed by atoms with Crippen LogP contribution >= 0.6 is 0 Å². The number of aromatic nitrogens is 1. The van der Waals surface area contributed by atoms with Gasteiger partial charge in [-0.2, -0.15) is 0 Å². The molecule has 1 aromatic rings. The van der Waals surface area contributed by atoms with E-state index in [0.29, 0.717) is 18.8 Å². The Bertz CT molecular complexity index is 540. The van der Waals surface area contributed by atoms with Gasteiger partial charge in [0.25, 0.3) is 0 Å². The fourth-order valence-corrected chi connectivity index (χ4v) is 2.63. The number of hydrogen-bond acceptors (Lipinski definition) is 5. The molecule has 0 atom stereocenters. The monoisotopic (exact) mass is 278 g/mol. The third kappa shape index (κ3) is 2.56. The molecule has 1 fully saturated rings. The van der Waals surface area contributed by atoms with Crippen molar-refractivity contribution in [1.82, 2.24) is 4.98 Å². The first kappa shape index (κ1) is 14.6. The first-order valence-electron chi connectivity index (χ1n) is 6.68. The Balaban J connectivity index is 2.60. The molecule has 2 heterocycles. The molecule has 0 saturated carbocycles. The van der Waals surface area contributed by atoms with Crippen LogP contribution in [-0.2, 0) is 4.74 Å². The number of morpholine rings is 1. The Kier molecular flexibility index (Phi) is 3.85. The molecule has 6 nitrogen and oxygen atoms in total. The van der Waals surface area contributed by atoms with Gasteiger partial charge in [-0.3, -0.25) is 0 Å². The first-order valence-corrected chi connectivity index (χ1v) is 6.68. The number of amidine groups is 1. The van der Waals surface area contributed by atoms with Gasteiger partial charge in [0.05, 0.1) is 24.3 Å². The van der Waals surface area contributed by atoms with Gasteiger partial charge in [-0.25, -0.2) is 4.98 Å². The number of aryl methyl sites for hydroxylation is 2. The van der Waals surface area contributed by atoms with E-state index in [2.05, 4.69) is 28.9 Å². The van der Waals surface area contributed by atoms with Crippen LogP contribution in [0.15, 0.2) is 11.2 Å². The summed E-state index contributed by atoms with van der Waals surface area (Å²) in [6, 6.07) is 1.93. The van der Waals surface area contributed by atoms with Gasteiger partial charge >= 0.3 is 0 Å². The number of ether oxygens (including phenoxy) is 1. The number of nitrogens with zero attached hydrogens (tertiary/aromatic N) is 3. The van der Waals surface area contributed by atoms with Crippen molar-refractivity contribution in [3.8, 4) is 0 Å². The largest absolute Gasteiger partial charge is 0.409 e. The lowest BCUT2D eigenvalue weighted by molar-refractivity contribution is 0.0638. The zero-order valence-electron chi connectivity index (χ0n) is 12.5. The lowest BCUT2D eigenvalue weighted by Gasteiger charge is -2.43. The topological polar surface area (TPSA) is 84.0 Å². The molecule has 1 aromatic heterocycles. The number of hydrogen-bond donors (Lipinski definition) is 2. The van der Waals surface area contributed by atoms with Crippen LogP contribution in [0.2, 0.25) is 0 Å². The SMILES string of the molecule is Cc1cc(C)c(C(N)=NO)c(N2CCOCC2(C)C)n1. The summed E-state index contributed by atoms with van der Waals surface area (Å²) in [5.41, 5.74) is 8.21. The Hall–Kier alpha value is -1.82. The third-order valence-electron chi connectivity index (χ3n) is 3.59. The van der Waals surface area contributed by atoms with Crippen molar-refractivity contribution in [2.24, 2.45) is 10.9 Å². The summed E-state index contributed by atoms with van der Waals surface area (Å²) in [4.78, 5) is 6.79. The molecule has 0 unspecified atom stereocenters. The summed E-state index contributed by atoms with van der Waals surface area (Å²) < 4.78 is 5.54. The first-order chi connectivity index (χ1) is 9.36. The molecular formula is C14H22N4O2. The predicted octanol–water partition coefficient (Wildman–Crippen LogP) is 1.41. The maximum atomic E-state index is 9.03. The van der Waals surface area contributed by atoms with Crippen molar-refractivity contribution in [3.05, 3.63) is 22.9 Å². The van der Waals surface area contributed by atoms with Crippen LogP contribution in [0, 0.1) is 13.8 Å². The molecule has 0 bridgehead atoms. The van der Waals surface area contributed by atoms with Gasteiger partial charge in [0.2, 0.25) is 0 Å². The minimum Gasteiger partial charge on any atom is -0.409 e. The fraction of sp³-hybridized carbons (Fsp3) is 0.571. The van der Waals surface area contributed by atoms with Crippen LogP contribution in [-0.4, -0.2) is 41.3 Å². The molecule has 0 aliphatic carbocycles. The second-order valence-electron chi connectivity index (χ2n) is 5.78. The second-order valence-corrected chi connectivity index (χ2v) is 5.78. The van der Waals surface area contributed by atoms with Crippen molar-refractivity contribution in [3.63, 3.8) is 0 Å². The van der Waals surface area contributed by atoms with Gasteiger partial charge in [-0.1, -0.05) is 5.16 Å². The molecule has 2 rings (SSSR count). The summed E-state index contributed by atoms with van der Waals surface area (Å²) >= 11 is 0. The third-order valence-corrected chi connectivity index (χ3v) is 3.59. The minimum absolute atomic E-state index is 0.0901. The van der Waals surface area contributed by atoms with Gasteiger partial charge in [0.1, 0.15) is 5.82 Å². The predicted molar refractivity (Wildman–Crippen MR) is 78.5 cm³/mol. The molecule has 0 amide bonds. The lowest BCUT2D eigenvalue weighted by atomic mass is 9.99. The van der Waals surface area contributed by atoms with E-state index in [0.717, 1.165) is 23.6 Å². The van der Waals surface area contributed by atoms with E-state index in [1.807, 2.05) is 19.9 Å². The smallest absolute Gasteiger partial charge is 0.174 e. The summed E-state index contributed by atoms with van der Waals surface area (Å²) in [7, 11) is 0. The van der Waals surface area contributed by atoms with Crippen LogP contribution in [0.5, 0.6) is 0 Å². The summed E-state index contributed by atoms with van der Waals surface area (Å²) in [5.74, 6) is 0.846. The standard InChI is InChI=1S/C14H22N4O2/c1-9-7-10(2)16-13(11(9)12(15)17-19)18-5-6-20-8-14(18,3)4/h7,19H,5-6,8H2,1-4H3,(H2,15,17). The van der Waals surface area contributed by atoms with E-state index < -0.39 is 0 Å². The Morgan fingerprint density at radius 1 is 1.50 bits per heavy atom. The number of oxime groups is 1. The highest BCUT2D eigenvalue weighted by atomic mass is 16.5. The van der Waals surface area contributed by atoms with Gasteiger partial charge in [-0.15, -0.1) is 0 Å². The van der Waals surface area contributed by atoms with Crippen molar-refractivity contribution >= 4 is 11.7 Å². The fourth-order valence-electron chi connectivity index (χ4n) is 2.63. The van der Waals surface area contributed by atoms with E-state index >= 15 is 0 Å². The molecule has 0 radical (unpaired) electrons. The van der Waals surface area contributed by atoms with E-state index in [9.17, 15) is 0 Å². The molecule has 1 saturated heterocycles. The molecule has 0 aromatic carbocycles. The van der Waals surface area contributed by atoms with Crippen LogP contribution in [0.25, 0.3) is 0 Å². The van der Waals surface area contributed by atoms with E-state index in [-0.39, 0.29) is 11.4 Å². The Morgan fingerprint density at radius 2 is 2.20 bits per heavy atom. The highest BCUT2D eigenvalue weighted by Gasteiger charge is 2.34. The highest BCUT2D eigenvalue weighted by Crippen LogP contribution is 2.30. The zero-order chi connectivity index (χ0) is 14.9. The average Bonchev–Trinajstić information content (AvgIpc) is 2.36. The van der Waals surface area contributed by atoms with Crippen molar-refractivity contribution in [1.29, 1.82) is 0 Å². The van der Waals surface area contributed by atoms with E-state index in [1.165, 1.54) is 0 Å². The molecule has 1 aliphatic rings. The maximum absolute atomic E-state index is 9.03. The number of anilines is 1. The van der Waals surface area contributed by atoms with E-state index in [1.54, 1.807) is 0 Å². The Labute approximate surface area is 119 Å². The van der Waals surface area contributed by atoms with Crippen LogP contribution in [0.3, 0.4) is 0 Å². The van der Waals surface area contributed by atoms with Crippen LogP contribution < -0.4 is 10.6 Å². The van der Waals surface area contributed by atoms with Crippen molar-refractivity contribution in [2.75, 3.05) is 24.7 Å². The number of nitrogens with two attached hydrogens (primary N) is 1. The summed E-state index contributed by atoms with van der Waals surface area (Å²) in [6.45, 7) is 10.1. The van der Waals surface area contributed by atoms with Crippen LogP contribution in [0.1, 0.15) is 30.7 Å². The number of rotatable bonds is 2. The second kappa shape index (κ2) is 5.28. The summed E-state index contributed by atoms with van der Waals surface area (Å²) in [5, 5.41) is 12.2. The average molecular weight is 278 g/mol.